The maximum atomic E-state index is 8.58. The SMILES string of the molecule is CCOc1cc(Cl)c(CNCCOCCO)cc1OC. The maximum absolute atomic E-state index is 8.58. The minimum Gasteiger partial charge on any atom is -0.493 e. The van der Waals surface area contributed by atoms with Gasteiger partial charge in [0.1, 0.15) is 0 Å². The molecule has 114 valence electrons. The highest BCUT2D eigenvalue weighted by atomic mass is 35.5. The van der Waals surface area contributed by atoms with Gasteiger partial charge in [0.15, 0.2) is 11.5 Å². The first-order chi connectivity index (χ1) is 9.72. The van der Waals surface area contributed by atoms with Crippen molar-refractivity contribution in [2.75, 3.05) is 40.1 Å². The molecule has 0 saturated heterocycles. The molecule has 2 N–H and O–H groups in total. The van der Waals surface area contributed by atoms with Gasteiger partial charge in [-0.15, -0.1) is 0 Å². The Bertz CT molecular complexity index is 401. The van der Waals surface area contributed by atoms with Gasteiger partial charge in [-0.3, -0.25) is 0 Å². The molecule has 5 nitrogen and oxygen atoms in total. The van der Waals surface area contributed by atoms with E-state index in [2.05, 4.69) is 5.32 Å². The lowest BCUT2D eigenvalue weighted by molar-refractivity contribution is 0.0938. The second-order valence-electron chi connectivity index (χ2n) is 4.04. The van der Waals surface area contributed by atoms with Crippen molar-refractivity contribution in [2.45, 2.75) is 13.5 Å². The second-order valence-corrected chi connectivity index (χ2v) is 4.45. The third kappa shape index (κ3) is 5.54. The summed E-state index contributed by atoms with van der Waals surface area (Å²) in [5.74, 6) is 1.32. The van der Waals surface area contributed by atoms with Crippen LogP contribution < -0.4 is 14.8 Å². The number of aliphatic hydroxyl groups excluding tert-OH is 1. The largest absolute Gasteiger partial charge is 0.493 e. The van der Waals surface area contributed by atoms with Gasteiger partial charge in [0.2, 0.25) is 0 Å². The van der Waals surface area contributed by atoms with Gasteiger partial charge in [-0.25, -0.2) is 0 Å². The normalized spacial score (nSPS) is 10.6. The summed E-state index contributed by atoms with van der Waals surface area (Å²) in [6.07, 6.45) is 0. The molecule has 0 amide bonds. The maximum Gasteiger partial charge on any atom is 0.162 e. The van der Waals surface area contributed by atoms with E-state index in [1.165, 1.54) is 0 Å². The Balaban J connectivity index is 2.53. The molecule has 0 bridgehead atoms. The van der Waals surface area contributed by atoms with E-state index in [4.69, 9.17) is 30.9 Å². The minimum absolute atomic E-state index is 0.0436. The second kappa shape index (κ2) is 9.83. The Hall–Kier alpha value is -1.01. The van der Waals surface area contributed by atoms with Gasteiger partial charge in [0.05, 0.1) is 33.5 Å². The zero-order valence-electron chi connectivity index (χ0n) is 11.9. The molecule has 0 aliphatic heterocycles. The number of aliphatic hydroxyl groups is 1. The van der Waals surface area contributed by atoms with Crippen LogP contribution in [-0.4, -0.2) is 45.2 Å². The number of hydrogen-bond donors (Lipinski definition) is 2. The quantitative estimate of drug-likeness (QED) is 0.646. The summed E-state index contributed by atoms with van der Waals surface area (Å²) in [5.41, 5.74) is 0.939. The van der Waals surface area contributed by atoms with E-state index >= 15 is 0 Å². The van der Waals surface area contributed by atoms with Crippen LogP contribution in [0.4, 0.5) is 0 Å². The van der Waals surface area contributed by atoms with Crippen molar-refractivity contribution in [2.24, 2.45) is 0 Å². The molecule has 0 radical (unpaired) electrons. The molecule has 0 atom stereocenters. The Morgan fingerprint density at radius 3 is 2.70 bits per heavy atom. The molecule has 0 aliphatic rings. The van der Waals surface area contributed by atoms with Crippen LogP contribution in [0.2, 0.25) is 5.02 Å². The van der Waals surface area contributed by atoms with Crippen molar-refractivity contribution in [3.63, 3.8) is 0 Å². The van der Waals surface area contributed by atoms with Crippen molar-refractivity contribution >= 4 is 11.6 Å². The Morgan fingerprint density at radius 1 is 1.25 bits per heavy atom. The van der Waals surface area contributed by atoms with E-state index in [0.29, 0.717) is 49.4 Å². The lowest BCUT2D eigenvalue weighted by Gasteiger charge is -2.13. The van der Waals surface area contributed by atoms with Crippen LogP contribution in [0.3, 0.4) is 0 Å². The Morgan fingerprint density at radius 2 is 2.05 bits per heavy atom. The molecule has 0 heterocycles. The van der Waals surface area contributed by atoms with Crippen LogP contribution in [0, 0.1) is 0 Å². The molecule has 0 spiro atoms. The fraction of sp³-hybridized carbons (Fsp3) is 0.571. The fourth-order valence-corrected chi connectivity index (χ4v) is 1.90. The zero-order valence-corrected chi connectivity index (χ0v) is 12.7. The van der Waals surface area contributed by atoms with E-state index < -0.39 is 0 Å². The average Bonchev–Trinajstić information content (AvgIpc) is 2.45. The van der Waals surface area contributed by atoms with E-state index in [-0.39, 0.29) is 6.61 Å². The van der Waals surface area contributed by atoms with Crippen LogP contribution in [0.1, 0.15) is 12.5 Å². The predicted octanol–water partition coefficient (Wildman–Crippen LogP) is 1.85. The highest BCUT2D eigenvalue weighted by molar-refractivity contribution is 6.31. The molecule has 0 fully saturated rings. The van der Waals surface area contributed by atoms with Crippen molar-refractivity contribution in [1.29, 1.82) is 0 Å². The van der Waals surface area contributed by atoms with Crippen LogP contribution in [0.15, 0.2) is 12.1 Å². The topological polar surface area (TPSA) is 60.0 Å². The summed E-state index contributed by atoms with van der Waals surface area (Å²) < 4.78 is 15.9. The van der Waals surface area contributed by atoms with Gasteiger partial charge in [-0.2, -0.15) is 0 Å². The molecule has 0 aliphatic carbocycles. The molecule has 0 saturated carbocycles. The molecule has 6 heteroatoms. The first-order valence-corrected chi connectivity index (χ1v) is 6.99. The minimum atomic E-state index is 0.0436. The molecule has 1 rings (SSSR count). The summed E-state index contributed by atoms with van der Waals surface area (Å²) in [5, 5.41) is 12.4. The van der Waals surface area contributed by atoms with Gasteiger partial charge in [-0.1, -0.05) is 11.6 Å². The molecule has 20 heavy (non-hydrogen) atoms. The monoisotopic (exact) mass is 303 g/mol. The lowest BCUT2D eigenvalue weighted by Crippen LogP contribution is -2.20. The number of benzene rings is 1. The molecule has 0 unspecified atom stereocenters. The number of nitrogens with one attached hydrogen (secondary N) is 1. The summed E-state index contributed by atoms with van der Waals surface area (Å²) >= 11 is 6.22. The summed E-state index contributed by atoms with van der Waals surface area (Å²) in [6.45, 7) is 4.73. The van der Waals surface area contributed by atoms with Crippen LogP contribution in [0.5, 0.6) is 11.5 Å². The first kappa shape index (κ1) is 17.0. The van der Waals surface area contributed by atoms with E-state index in [0.717, 1.165) is 5.56 Å². The highest BCUT2D eigenvalue weighted by Gasteiger charge is 2.10. The molecular formula is C14H22ClNO4. The molecule has 0 aromatic heterocycles. The van der Waals surface area contributed by atoms with E-state index in [1.807, 2.05) is 13.0 Å². The number of halogens is 1. The van der Waals surface area contributed by atoms with Crippen LogP contribution >= 0.6 is 11.6 Å². The van der Waals surface area contributed by atoms with Crippen molar-refractivity contribution in [1.82, 2.24) is 5.32 Å². The van der Waals surface area contributed by atoms with Crippen LogP contribution in [0.25, 0.3) is 0 Å². The number of methoxy groups -OCH3 is 1. The predicted molar refractivity (Wildman–Crippen MR) is 78.8 cm³/mol. The van der Waals surface area contributed by atoms with E-state index in [1.54, 1.807) is 13.2 Å². The van der Waals surface area contributed by atoms with E-state index in [9.17, 15) is 0 Å². The van der Waals surface area contributed by atoms with Gasteiger partial charge in [0, 0.05) is 24.2 Å². The summed E-state index contributed by atoms with van der Waals surface area (Å²) in [4.78, 5) is 0. The third-order valence-corrected chi connectivity index (χ3v) is 2.96. The highest BCUT2D eigenvalue weighted by Crippen LogP contribution is 2.33. The first-order valence-electron chi connectivity index (χ1n) is 6.61. The number of hydrogen-bond acceptors (Lipinski definition) is 5. The molecular weight excluding hydrogens is 282 g/mol. The molecule has 1 aromatic carbocycles. The average molecular weight is 304 g/mol. The fourth-order valence-electron chi connectivity index (χ4n) is 1.67. The zero-order chi connectivity index (χ0) is 14.8. The number of ether oxygens (including phenoxy) is 3. The van der Waals surface area contributed by atoms with Crippen molar-refractivity contribution in [3.8, 4) is 11.5 Å². The van der Waals surface area contributed by atoms with Crippen LogP contribution in [-0.2, 0) is 11.3 Å². The number of rotatable bonds is 10. The Labute approximate surface area is 124 Å². The summed E-state index contributed by atoms with van der Waals surface area (Å²) in [7, 11) is 1.60. The smallest absolute Gasteiger partial charge is 0.162 e. The third-order valence-electron chi connectivity index (χ3n) is 2.61. The van der Waals surface area contributed by atoms with Gasteiger partial charge in [-0.05, 0) is 18.6 Å². The Kier molecular flexibility index (Phi) is 8.37. The summed E-state index contributed by atoms with van der Waals surface area (Å²) in [6, 6.07) is 3.64. The van der Waals surface area contributed by atoms with Gasteiger partial charge < -0.3 is 24.6 Å². The lowest BCUT2D eigenvalue weighted by atomic mass is 10.2. The molecule has 1 aromatic rings. The standard InChI is InChI=1S/C14H22ClNO4/c1-3-20-14-9-12(15)11(8-13(14)18-2)10-16-4-6-19-7-5-17/h8-9,16-17H,3-7,10H2,1-2H3. The van der Waals surface area contributed by atoms with Gasteiger partial charge >= 0.3 is 0 Å². The van der Waals surface area contributed by atoms with Crippen molar-refractivity contribution in [3.05, 3.63) is 22.7 Å². The van der Waals surface area contributed by atoms with Gasteiger partial charge in [0.25, 0.3) is 0 Å². The van der Waals surface area contributed by atoms with Crippen molar-refractivity contribution < 1.29 is 19.3 Å².